The van der Waals surface area contributed by atoms with E-state index in [0.717, 1.165) is 0 Å². The van der Waals surface area contributed by atoms with Crippen LogP contribution in [0.25, 0.3) is 0 Å². The minimum Gasteiger partial charge on any atom is -0.371 e. The first-order valence-electron chi connectivity index (χ1n) is 5.20. The van der Waals surface area contributed by atoms with E-state index < -0.39 is 24.1 Å². The molecule has 1 aromatic rings. The van der Waals surface area contributed by atoms with Crippen LogP contribution in [0.1, 0.15) is 17.4 Å². The van der Waals surface area contributed by atoms with Crippen molar-refractivity contribution in [3.63, 3.8) is 0 Å². The van der Waals surface area contributed by atoms with Gasteiger partial charge >= 0.3 is 0 Å². The first-order chi connectivity index (χ1) is 7.93. The van der Waals surface area contributed by atoms with Gasteiger partial charge in [0, 0.05) is 7.05 Å². The van der Waals surface area contributed by atoms with E-state index in [2.05, 4.69) is 15.3 Å². The molecule has 0 unspecified atom stereocenters. The van der Waals surface area contributed by atoms with Crippen molar-refractivity contribution in [2.75, 3.05) is 11.9 Å². The van der Waals surface area contributed by atoms with Gasteiger partial charge in [0.05, 0.1) is 6.33 Å². The molecule has 2 aliphatic rings. The Morgan fingerprint density at radius 2 is 2.29 bits per heavy atom. The molecule has 0 aromatic carbocycles. The number of aliphatic hydroxyl groups excluding tert-OH is 1. The maximum atomic E-state index is 12.1. The number of rotatable bonds is 0. The smallest absolute Gasteiger partial charge is 0.279 e. The van der Waals surface area contributed by atoms with Crippen LogP contribution in [0.15, 0.2) is 6.33 Å². The first-order valence-corrected chi connectivity index (χ1v) is 5.20. The van der Waals surface area contributed by atoms with Gasteiger partial charge in [-0.1, -0.05) is 0 Å². The van der Waals surface area contributed by atoms with Gasteiger partial charge in [-0.05, 0) is 6.92 Å². The molecule has 1 amide bonds. The van der Waals surface area contributed by atoms with E-state index in [1.54, 1.807) is 11.9 Å². The van der Waals surface area contributed by atoms with Crippen LogP contribution in [-0.4, -0.2) is 56.3 Å². The van der Waals surface area contributed by atoms with Crippen LogP contribution in [0.4, 0.5) is 5.82 Å². The lowest BCUT2D eigenvalue weighted by Crippen LogP contribution is -2.56. The Balaban J connectivity index is 2.10. The van der Waals surface area contributed by atoms with Crippen molar-refractivity contribution >= 4 is 11.7 Å². The summed E-state index contributed by atoms with van der Waals surface area (Å²) in [6.45, 7) is 1.42. The lowest BCUT2D eigenvalue weighted by molar-refractivity contribution is -0.0930. The van der Waals surface area contributed by atoms with E-state index in [4.69, 9.17) is 0 Å². The van der Waals surface area contributed by atoms with Gasteiger partial charge in [0.1, 0.15) is 5.69 Å². The summed E-state index contributed by atoms with van der Waals surface area (Å²) in [6, 6.07) is 0. The Morgan fingerprint density at radius 3 is 3.00 bits per heavy atom. The number of hydrogen-bond acceptors (Lipinski definition) is 6. The van der Waals surface area contributed by atoms with Crippen LogP contribution >= 0.6 is 0 Å². The highest BCUT2D eigenvalue weighted by Crippen LogP contribution is 2.33. The highest BCUT2D eigenvalue weighted by Gasteiger charge is 2.54. The number of fused-ring (bicyclic) bond motifs is 2. The fourth-order valence-electron chi connectivity index (χ4n) is 2.27. The number of nitrogens with zero attached hydrogens (tertiary/aromatic N) is 3. The molecule has 1 aromatic heterocycles. The first kappa shape index (κ1) is 10.5. The number of imidazole rings is 1. The summed E-state index contributed by atoms with van der Waals surface area (Å²) in [6.07, 6.45) is -0.492. The highest BCUT2D eigenvalue weighted by molar-refractivity contribution is 5.99. The number of carbonyl (C=O) groups is 1. The number of aliphatic hydroxyl groups is 2. The van der Waals surface area contributed by atoms with Gasteiger partial charge in [0.15, 0.2) is 24.1 Å². The fraction of sp³-hybridized carbons (Fsp3) is 0.556. The van der Waals surface area contributed by atoms with Gasteiger partial charge in [-0.3, -0.25) is 9.69 Å². The van der Waals surface area contributed by atoms with Crippen LogP contribution in [0, 0.1) is 0 Å². The lowest BCUT2D eigenvalue weighted by Gasteiger charge is -2.37. The number of amides is 1. The van der Waals surface area contributed by atoms with Crippen LogP contribution in [0.5, 0.6) is 0 Å². The van der Waals surface area contributed by atoms with E-state index in [-0.39, 0.29) is 0 Å². The number of aromatic amines is 1. The second-order valence-electron chi connectivity index (χ2n) is 4.46. The summed E-state index contributed by atoms with van der Waals surface area (Å²) < 4.78 is 0. The molecule has 0 radical (unpaired) electrons. The van der Waals surface area contributed by atoms with Crippen molar-refractivity contribution in [1.82, 2.24) is 20.2 Å². The molecule has 8 nitrogen and oxygen atoms in total. The number of H-pyrrole nitrogens is 1. The van der Waals surface area contributed by atoms with Gasteiger partial charge in [0.25, 0.3) is 5.91 Å². The molecule has 1 saturated heterocycles. The summed E-state index contributed by atoms with van der Waals surface area (Å²) in [5.41, 5.74) is -1.24. The molecule has 92 valence electrons. The number of nitrogens with one attached hydrogen (secondary N) is 2. The standard InChI is InChI=1S/C9H13N5O3/c1-9(17)7(16)14-6(15)4-5(11-3-10-4)13(2)8(14)12-9/h3,7-8,12,16-17H,1-2H3,(H,10,11)/t7-,8-,9-/m1/s1. The molecule has 3 heterocycles. The zero-order valence-electron chi connectivity index (χ0n) is 9.38. The number of carbonyl (C=O) groups excluding carboxylic acids is 1. The van der Waals surface area contributed by atoms with E-state index in [9.17, 15) is 15.0 Å². The second-order valence-corrected chi connectivity index (χ2v) is 4.46. The molecule has 0 saturated carbocycles. The molecule has 3 atom stereocenters. The number of anilines is 1. The van der Waals surface area contributed by atoms with Crippen molar-refractivity contribution < 1.29 is 15.0 Å². The summed E-state index contributed by atoms with van der Waals surface area (Å²) in [5.74, 6) is 0.104. The zero-order chi connectivity index (χ0) is 12.4. The molecule has 0 bridgehead atoms. The molecule has 8 heteroatoms. The fourth-order valence-corrected chi connectivity index (χ4v) is 2.27. The minimum atomic E-state index is -1.54. The Hall–Kier alpha value is -1.64. The third-order valence-electron chi connectivity index (χ3n) is 3.22. The molecular formula is C9H13N5O3. The number of aromatic nitrogens is 2. The Bertz CT molecular complexity index is 485. The molecule has 0 aliphatic carbocycles. The topological polar surface area (TPSA) is 105 Å². The average molecular weight is 239 g/mol. The third kappa shape index (κ3) is 1.17. The van der Waals surface area contributed by atoms with E-state index in [1.165, 1.54) is 18.2 Å². The summed E-state index contributed by atoms with van der Waals surface area (Å²) in [4.78, 5) is 21.8. The highest BCUT2D eigenvalue weighted by atomic mass is 16.4. The lowest BCUT2D eigenvalue weighted by atomic mass is 10.2. The van der Waals surface area contributed by atoms with E-state index >= 15 is 0 Å². The van der Waals surface area contributed by atoms with E-state index in [1.807, 2.05) is 0 Å². The van der Waals surface area contributed by atoms with Crippen LogP contribution in [0.2, 0.25) is 0 Å². The monoisotopic (exact) mass is 239 g/mol. The van der Waals surface area contributed by atoms with Gasteiger partial charge in [-0.15, -0.1) is 0 Å². The van der Waals surface area contributed by atoms with Crippen LogP contribution in [0.3, 0.4) is 0 Å². The van der Waals surface area contributed by atoms with Crippen LogP contribution in [-0.2, 0) is 0 Å². The molecule has 3 rings (SSSR count). The Labute approximate surface area is 96.9 Å². The maximum Gasteiger partial charge on any atom is 0.279 e. The molecule has 2 aliphatic heterocycles. The van der Waals surface area contributed by atoms with Crippen molar-refractivity contribution in [3.8, 4) is 0 Å². The minimum absolute atomic E-state index is 0.308. The van der Waals surface area contributed by atoms with Gasteiger partial charge in [-0.25, -0.2) is 10.3 Å². The largest absolute Gasteiger partial charge is 0.371 e. The summed E-state index contributed by atoms with van der Waals surface area (Å²) in [5, 5.41) is 22.6. The predicted octanol–water partition coefficient (Wildman–Crippen LogP) is -1.78. The average Bonchev–Trinajstić information content (AvgIpc) is 2.81. The second kappa shape index (κ2) is 2.97. The van der Waals surface area contributed by atoms with Crippen molar-refractivity contribution in [2.24, 2.45) is 0 Å². The molecule has 0 spiro atoms. The summed E-state index contributed by atoms with van der Waals surface area (Å²) >= 11 is 0. The van der Waals surface area contributed by atoms with Gasteiger partial charge in [-0.2, -0.15) is 0 Å². The number of hydrogen-bond donors (Lipinski definition) is 4. The Morgan fingerprint density at radius 1 is 1.59 bits per heavy atom. The van der Waals surface area contributed by atoms with Crippen molar-refractivity contribution in [3.05, 3.63) is 12.0 Å². The maximum absolute atomic E-state index is 12.1. The van der Waals surface area contributed by atoms with Crippen LogP contribution < -0.4 is 10.2 Å². The third-order valence-corrected chi connectivity index (χ3v) is 3.22. The normalized spacial score (nSPS) is 36.1. The van der Waals surface area contributed by atoms with Gasteiger partial charge < -0.3 is 20.1 Å². The molecule has 4 N–H and O–H groups in total. The molecule has 1 fully saturated rings. The predicted molar refractivity (Wildman–Crippen MR) is 56.7 cm³/mol. The zero-order valence-corrected chi connectivity index (χ0v) is 9.38. The molecule has 17 heavy (non-hydrogen) atoms. The SMILES string of the molecule is CN1c2nc[nH]c2C(=O)N2[C@@H]1N[C@](C)(O)[C@H]2O. The quantitative estimate of drug-likeness (QED) is 0.426. The Kier molecular flexibility index (Phi) is 1.84. The van der Waals surface area contributed by atoms with E-state index in [0.29, 0.717) is 11.5 Å². The van der Waals surface area contributed by atoms with Crippen molar-refractivity contribution in [1.29, 1.82) is 0 Å². The van der Waals surface area contributed by atoms with Gasteiger partial charge in [0.2, 0.25) is 0 Å². The molecular weight excluding hydrogens is 226 g/mol. The van der Waals surface area contributed by atoms with Crippen molar-refractivity contribution in [2.45, 2.75) is 25.2 Å². The summed E-state index contributed by atoms with van der Waals surface area (Å²) in [7, 11) is 1.73.